The van der Waals surface area contributed by atoms with Gasteiger partial charge in [-0.2, -0.15) is 0 Å². The van der Waals surface area contributed by atoms with E-state index in [-0.39, 0.29) is 0 Å². The number of nitrogens with two attached hydrogens (primary N) is 1. The van der Waals surface area contributed by atoms with Crippen molar-refractivity contribution in [3.63, 3.8) is 0 Å². The highest BCUT2D eigenvalue weighted by atomic mass is 79.9. The zero-order chi connectivity index (χ0) is 12.8. The maximum absolute atomic E-state index is 5.72. The van der Waals surface area contributed by atoms with Gasteiger partial charge in [-0.25, -0.2) is 4.98 Å². The number of aromatic nitrogens is 1. The van der Waals surface area contributed by atoms with E-state index in [4.69, 9.17) is 5.73 Å². The second-order valence-corrected chi connectivity index (χ2v) is 5.01. The van der Waals surface area contributed by atoms with Crippen LogP contribution in [0.4, 0.5) is 5.82 Å². The fraction of sp³-hybridized carbons (Fsp3) is 0.615. The summed E-state index contributed by atoms with van der Waals surface area (Å²) in [5.74, 6) is 1.02. The summed E-state index contributed by atoms with van der Waals surface area (Å²) in [6, 6.07) is 2.52. The highest BCUT2D eigenvalue weighted by Gasteiger charge is 2.19. The van der Waals surface area contributed by atoms with Gasteiger partial charge in [-0.3, -0.25) is 0 Å². The van der Waals surface area contributed by atoms with Gasteiger partial charge < -0.3 is 10.6 Å². The van der Waals surface area contributed by atoms with Crippen LogP contribution in [0.5, 0.6) is 0 Å². The van der Waals surface area contributed by atoms with E-state index in [1.165, 1.54) is 5.56 Å². The Morgan fingerprint density at radius 1 is 1.41 bits per heavy atom. The average molecular weight is 300 g/mol. The van der Waals surface area contributed by atoms with Crippen LogP contribution in [0, 0.1) is 6.92 Å². The van der Waals surface area contributed by atoms with Gasteiger partial charge in [-0.15, -0.1) is 0 Å². The van der Waals surface area contributed by atoms with E-state index in [9.17, 15) is 0 Å². The summed E-state index contributed by atoms with van der Waals surface area (Å²) < 4.78 is 1.08. The van der Waals surface area contributed by atoms with Gasteiger partial charge in [0.25, 0.3) is 0 Å². The normalized spacial score (nSPS) is 10.9. The molecular weight excluding hydrogens is 278 g/mol. The Kier molecular flexibility index (Phi) is 5.92. The predicted molar refractivity (Wildman–Crippen MR) is 77.4 cm³/mol. The molecule has 0 saturated heterocycles. The van der Waals surface area contributed by atoms with Crippen molar-refractivity contribution in [3.05, 3.63) is 22.3 Å². The van der Waals surface area contributed by atoms with E-state index < -0.39 is 0 Å². The smallest absolute Gasteiger partial charge is 0.143 e. The topological polar surface area (TPSA) is 42.1 Å². The van der Waals surface area contributed by atoms with Gasteiger partial charge in [0.2, 0.25) is 0 Å². The SMILES string of the molecule is CCC(CC)N(CCN)c1nccc(C)c1Br. The van der Waals surface area contributed by atoms with Crippen molar-refractivity contribution < 1.29 is 0 Å². The molecule has 17 heavy (non-hydrogen) atoms. The molecule has 2 N–H and O–H groups in total. The quantitative estimate of drug-likeness (QED) is 0.877. The minimum atomic E-state index is 0.504. The van der Waals surface area contributed by atoms with Crippen molar-refractivity contribution >= 4 is 21.7 Å². The summed E-state index contributed by atoms with van der Waals surface area (Å²) >= 11 is 3.63. The van der Waals surface area contributed by atoms with Crippen LogP contribution in [0.1, 0.15) is 32.3 Å². The van der Waals surface area contributed by atoms with Crippen molar-refractivity contribution in [2.24, 2.45) is 5.73 Å². The summed E-state index contributed by atoms with van der Waals surface area (Å²) in [6.45, 7) is 8.01. The third-order valence-corrected chi connectivity index (χ3v) is 4.07. The molecule has 0 aliphatic heterocycles. The fourth-order valence-corrected chi connectivity index (χ4v) is 2.52. The molecule has 0 radical (unpaired) electrons. The van der Waals surface area contributed by atoms with Crippen LogP contribution >= 0.6 is 15.9 Å². The van der Waals surface area contributed by atoms with Gasteiger partial charge in [0.15, 0.2) is 0 Å². The van der Waals surface area contributed by atoms with Crippen LogP contribution in [0.25, 0.3) is 0 Å². The van der Waals surface area contributed by atoms with Crippen LogP contribution in [0.3, 0.4) is 0 Å². The highest BCUT2D eigenvalue weighted by Crippen LogP contribution is 2.29. The summed E-state index contributed by atoms with van der Waals surface area (Å²) in [7, 11) is 0. The first kappa shape index (κ1) is 14.5. The molecule has 0 aromatic carbocycles. The maximum atomic E-state index is 5.72. The molecule has 0 fully saturated rings. The van der Waals surface area contributed by atoms with Crippen LogP contribution in [0.15, 0.2) is 16.7 Å². The van der Waals surface area contributed by atoms with E-state index in [1.807, 2.05) is 12.3 Å². The standard InChI is InChI=1S/C13H22BrN3/c1-4-11(5-2)17(9-7-15)13-12(14)10(3)6-8-16-13/h6,8,11H,4-5,7,9,15H2,1-3H3. The van der Waals surface area contributed by atoms with Gasteiger partial charge in [0.1, 0.15) is 5.82 Å². The minimum Gasteiger partial charge on any atom is -0.351 e. The zero-order valence-corrected chi connectivity index (χ0v) is 12.5. The van der Waals surface area contributed by atoms with Gasteiger partial charge in [-0.1, -0.05) is 13.8 Å². The third-order valence-electron chi connectivity index (χ3n) is 3.09. The number of hydrogen-bond donors (Lipinski definition) is 1. The van der Waals surface area contributed by atoms with Crippen molar-refractivity contribution in [2.45, 2.75) is 39.7 Å². The molecule has 1 aromatic heterocycles. The molecule has 0 unspecified atom stereocenters. The molecule has 1 aromatic rings. The van der Waals surface area contributed by atoms with E-state index in [0.29, 0.717) is 12.6 Å². The Morgan fingerprint density at radius 3 is 2.59 bits per heavy atom. The second-order valence-electron chi connectivity index (χ2n) is 4.22. The number of anilines is 1. The van der Waals surface area contributed by atoms with Gasteiger partial charge in [0, 0.05) is 25.3 Å². The Labute approximate surface area is 113 Å². The van der Waals surface area contributed by atoms with Crippen molar-refractivity contribution in [3.8, 4) is 0 Å². The molecular formula is C13H22BrN3. The maximum Gasteiger partial charge on any atom is 0.143 e. The zero-order valence-electron chi connectivity index (χ0n) is 10.9. The van der Waals surface area contributed by atoms with Crippen molar-refractivity contribution in [1.29, 1.82) is 0 Å². The largest absolute Gasteiger partial charge is 0.351 e. The molecule has 0 aliphatic carbocycles. The molecule has 0 amide bonds. The van der Waals surface area contributed by atoms with Crippen molar-refractivity contribution in [2.75, 3.05) is 18.0 Å². The number of aryl methyl sites for hydroxylation is 1. The van der Waals surface area contributed by atoms with Crippen LogP contribution in [-0.4, -0.2) is 24.1 Å². The second kappa shape index (κ2) is 6.97. The Bertz CT molecular complexity index is 351. The lowest BCUT2D eigenvalue weighted by Gasteiger charge is -2.32. The fourth-order valence-electron chi connectivity index (χ4n) is 2.06. The molecule has 0 atom stereocenters. The number of nitrogens with zero attached hydrogens (tertiary/aromatic N) is 2. The number of hydrogen-bond acceptors (Lipinski definition) is 3. The molecule has 0 spiro atoms. The van der Waals surface area contributed by atoms with Crippen molar-refractivity contribution in [1.82, 2.24) is 4.98 Å². The van der Waals surface area contributed by atoms with Crippen LogP contribution in [-0.2, 0) is 0 Å². The van der Waals surface area contributed by atoms with E-state index >= 15 is 0 Å². The Hall–Kier alpha value is -0.610. The molecule has 1 heterocycles. The minimum absolute atomic E-state index is 0.504. The van der Waals surface area contributed by atoms with E-state index in [2.05, 4.69) is 46.6 Å². The third kappa shape index (κ3) is 3.42. The van der Waals surface area contributed by atoms with Gasteiger partial charge >= 0.3 is 0 Å². The summed E-state index contributed by atoms with van der Waals surface area (Å²) in [4.78, 5) is 6.81. The molecule has 4 heteroatoms. The molecule has 0 saturated carbocycles. The summed E-state index contributed by atoms with van der Waals surface area (Å²) in [5.41, 5.74) is 6.93. The predicted octanol–water partition coefficient (Wildman–Crippen LogP) is 3.11. The molecule has 3 nitrogen and oxygen atoms in total. The first-order valence-electron chi connectivity index (χ1n) is 6.23. The first-order valence-corrected chi connectivity index (χ1v) is 7.02. The van der Waals surface area contributed by atoms with Gasteiger partial charge in [-0.05, 0) is 47.3 Å². The van der Waals surface area contributed by atoms with E-state index in [0.717, 1.165) is 29.7 Å². The van der Waals surface area contributed by atoms with Gasteiger partial charge in [0.05, 0.1) is 4.47 Å². The molecule has 1 rings (SSSR count). The molecule has 0 bridgehead atoms. The summed E-state index contributed by atoms with van der Waals surface area (Å²) in [5, 5.41) is 0. The lowest BCUT2D eigenvalue weighted by Crippen LogP contribution is -2.39. The average Bonchev–Trinajstić information content (AvgIpc) is 2.33. The monoisotopic (exact) mass is 299 g/mol. The number of pyridine rings is 1. The highest BCUT2D eigenvalue weighted by molar-refractivity contribution is 9.10. The van der Waals surface area contributed by atoms with E-state index in [1.54, 1.807) is 0 Å². The Balaban J connectivity index is 3.08. The number of rotatable bonds is 6. The van der Waals surface area contributed by atoms with Crippen LogP contribution in [0.2, 0.25) is 0 Å². The number of halogens is 1. The Morgan fingerprint density at radius 2 is 2.06 bits per heavy atom. The summed E-state index contributed by atoms with van der Waals surface area (Å²) in [6.07, 6.45) is 4.08. The lowest BCUT2D eigenvalue weighted by molar-refractivity contribution is 0.553. The first-order chi connectivity index (χ1) is 8.15. The molecule has 96 valence electrons. The molecule has 0 aliphatic rings. The van der Waals surface area contributed by atoms with Crippen LogP contribution < -0.4 is 10.6 Å². The lowest BCUT2D eigenvalue weighted by atomic mass is 10.1.